The van der Waals surface area contributed by atoms with Crippen molar-refractivity contribution in [3.05, 3.63) is 63.9 Å². The van der Waals surface area contributed by atoms with Gasteiger partial charge in [-0.3, -0.25) is 5.43 Å². The highest BCUT2D eigenvalue weighted by molar-refractivity contribution is 9.10. The largest absolute Gasteiger partial charge is 0.372 e. The van der Waals surface area contributed by atoms with E-state index < -0.39 is 0 Å². The summed E-state index contributed by atoms with van der Waals surface area (Å²) >= 11 is 4.99. The highest BCUT2D eigenvalue weighted by atomic mass is 79.9. The van der Waals surface area contributed by atoms with Crippen molar-refractivity contribution < 1.29 is 0 Å². The molecule has 0 saturated carbocycles. The number of halogens is 1. The molecule has 0 unspecified atom stereocenters. The van der Waals surface area contributed by atoms with Crippen LogP contribution < -0.4 is 10.3 Å². The van der Waals surface area contributed by atoms with Crippen LogP contribution in [-0.2, 0) is 0 Å². The van der Waals surface area contributed by atoms with E-state index in [2.05, 4.69) is 74.5 Å². The molecular formula is C20H21BrN4S. The van der Waals surface area contributed by atoms with E-state index >= 15 is 0 Å². The second kappa shape index (κ2) is 8.96. The second-order valence-corrected chi connectivity index (χ2v) is 7.45. The number of rotatable bonds is 7. The van der Waals surface area contributed by atoms with E-state index in [4.69, 9.17) is 0 Å². The molecule has 4 nitrogen and oxygen atoms in total. The van der Waals surface area contributed by atoms with Crippen LogP contribution in [0.5, 0.6) is 0 Å². The Balaban J connectivity index is 1.61. The van der Waals surface area contributed by atoms with E-state index in [0.29, 0.717) is 0 Å². The molecule has 1 aromatic heterocycles. The zero-order valence-corrected chi connectivity index (χ0v) is 17.2. The Morgan fingerprint density at radius 2 is 1.77 bits per heavy atom. The molecule has 0 amide bonds. The van der Waals surface area contributed by atoms with Gasteiger partial charge in [0.25, 0.3) is 0 Å². The molecule has 0 aliphatic heterocycles. The van der Waals surface area contributed by atoms with Gasteiger partial charge < -0.3 is 4.90 Å². The van der Waals surface area contributed by atoms with Gasteiger partial charge in [0, 0.05) is 34.2 Å². The maximum atomic E-state index is 4.57. The van der Waals surface area contributed by atoms with Gasteiger partial charge in [-0.15, -0.1) is 11.3 Å². The summed E-state index contributed by atoms with van der Waals surface area (Å²) in [6.45, 7) is 6.35. The maximum Gasteiger partial charge on any atom is 0.203 e. The fourth-order valence-electron chi connectivity index (χ4n) is 2.60. The van der Waals surface area contributed by atoms with E-state index in [1.165, 1.54) is 5.69 Å². The highest BCUT2D eigenvalue weighted by Crippen LogP contribution is 2.26. The average Bonchev–Trinajstić information content (AvgIpc) is 3.13. The van der Waals surface area contributed by atoms with Crippen molar-refractivity contribution >= 4 is 44.3 Å². The zero-order valence-electron chi connectivity index (χ0n) is 14.8. The lowest BCUT2D eigenvalue weighted by Crippen LogP contribution is -2.21. The van der Waals surface area contributed by atoms with Gasteiger partial charge in [-0.25, -0.2) is 4.98 Å². The van der Waals surface area contributed by atoms with Gasteiger partial charge in [-0.1, -0.05) is 40.2 Å². The standard InChI is InChI=1S/C20H21BrN4S/c1-3-25(4-2)18-11-5-15(6-12-18)13-22-24-20-23-19(14-26-20)16-7-9-17(21)10-8-16/h5-14H,3-4H2,1-2H3,(H,23,24). The number of hydrogen-bond acceptors (Lipinski definition) is 5. The number of aromatic nitrogens is 1. The molecule has 0 aliphatic carbocycles. The normalized spacial score (nSPS) is 11.0. The molecule has 0 saturated heterocycles. The first-order valence-electron chi connectivity index (χ1n) is 8.55. The Labute approximate surface area is 166 Å². The van der Waals surface area contributed by atoms with Gasteiger partial charge in [0.2, 0.25) is 5.13 Å². The summed E-state index contributed by atoms with van der Waals surface area (Å²) in [6, 6.07) is 16.5. The first-order chi connectivity index (χ1) is 12.7. The topological polar surface area (TPSA) is 40.5 Å². The minimum Gasteiger partial charge on any atom is -0.372 e. The third kappa shape index (κ3) is 4.71. The summed E-state index contributed by atoms with van der Waals surface area (Å²) in [5.41, 5.74) is 7.34. The average molecular weight is 429 g/mol. The lowest BCUT2D eigenvalue weighted by molar-refractivity contribution is 0.866. The van der Waals surface area contributed by atoms with Crippen molar-refractivity contribution in [2.45, 2.75) is 13.8 Å². The number of nitrogens with zero attached hydrogens (tertiary/aromatic N) is 3. The fraction of sp³-hybridized carbons (Fsp3) is 0.200. The summed E-state index contributed by atoms with van der Waals surface area (Å²) in [5.74, 6) is 0. The highest BCUT2D eigenvalue weighted by Gasteiger charge is 2.04. The first kappa shape index (κ1) is 18.6. The molecule has 0 atom stereocenters. The van der Waals surface area contributed by atoms with Crippen molar-refractivity contribution in [2.24, 2.45) is 5.10 Å². The van der Waals surface area contributed by atoms with E-state index in [1.54, 1.807) is 11.3 Å². The minimum atomic E-state index is 0.777. The maximum absolute atomic E-state index is 4.57. The molecule has 0 radical (unpaired) electrons. The molecule has 3 aromatic rings. The number of nitrogens with one attached hydrogen (secondary N) is 1. The molecule has 1 heterocycles. The minimum absolute atomic E-state index is 0.777. The molecule has 3 rings (SSSR count). The molecule has 2 aromatic carbocycles. The van der Waals surface area contributed by atoms with Gasteiger partial charge in [0.15, 0.2) is 0 Å². The summed E-state index contributed by atoms with van der Waals surface area (Å²) in [5, 5.41) is 7.10. The predicted molar refractivity (Wildman–Crippen MR) is 116 cm³/mol. The van der Waals surface area contributed by atoms with Crippen LogP contribution >= 0.6 is 27.3 Å². The number of hydrogen-bond donors (Lipinski definition) is 1. The van der Waals surface area contributed by atoms with Crippen LogP contribution in [0.3, 0.4) is 0 Å². The van der Waals surface area contributed by atoms with Crippen LogP contribution in [0.15, 0.2) is 63.5 Å². The monoisotopic (exact) mass is 428 g/mol. The smallest absolute Gasteiger partial charge is 0.203 e. The van der Waals surface area contributed by atoms with Crippen molar-refractivity contribution in [2.75, 3.05) is 23.4 Å². The summed E-state index contributed by atoms with van der Waals surface area (Å²) in [4.78, 5) is 6.89. The molecule has 134 valence electrons. The summed E-state index contributed by atoms with van der Waals surface area (Å²) < 4.78 is 1.06. The van der Waals surface area contributed by atoms with E-state index in [-0.39, 0.29) is 0 Å². The molecule has 26 heavy (non-hydrogen) atoms. The van der Waals surface area contributed by atoms with E-state index in [0.717, 1.165) is 39.5 Å². The van der Waals surface area contributed by atoms with Crippen LogP contribution in [0.2, 0.25) is 0 Å². The lowest BCUT2D eigenvalue weighted by atomic mass is 10.2. The van der Waals surface area contributed by atoms with E-state index in [1.807, 2.05) is 35.9 Å². The number of anilines is 2. The van der Waals surface area contributed by atoms with Crippen molar-refractivity contribution in [3.63, 3.8) is 0 Å². The first-order valence-corrected chi connectivity index (χ1v) is 10.2. The third-order valence-electron chi connectivity index (χ3n) is 4.04. The SMILES string of the molecule is CCN(CC)c1ccc(C=NNc2nc(-c3ccc(Br)cc3)cs2)cc1. The van der Waals surface area contributed by atoms with Crippen LogP contribution in [0, 0.1) is 0 Å². The van der Waals surface area contributed by atoms with Crippen LogP contribution in [-0.4, -0.2) is 24.3 Å². The fourth-order valence-corrected chi connectivity index (χ4v) is 3.53. The van der Waals surface area contributed by atoms with Crippen molar-refractivity contribution in [3.8, 4) is 11.3 Å². The van der Waals surface area contributed by atoms with Gasteiger partial charge in [0.05, 0.1) is 11.9 Å². The number of hydrazone groups is 1. The van der Waals surface area contributed by atoms with Gasteiger partial charge in [-0.2, -0.15) is 5.10 Å². The lowest BCUT2D eigenvalue weighted by Gasteiger charge is -2.20. The molecule has 0 spiro atoms. The Hall–Kier alpha value is -2.18. The Morgan fingerprint density at radius 3 is 2.42 bits per heavy atom. The Morgan fingerprint density at radius 1 is 1.08 bits per heavy atom. The van der Waals surface area contributed by atoms with Crippen LogP contribution in [0.4, 0.5) is 10.8 Å². The van der Waals surface area contributed by atoms with Crippen LogP contribution in [0.1, 0.15) is 19.4 Å². The molecule has 0 aliphatic rings. The van der Waals surface area contributed by atoms with Gasteiger partial charge in [0.1, 0.15) is 0 Å². The number of thiazole rings is 1. The van der Waals surface area contributed by atoms with Gasteiger partial charge in [-0.05, 0) is 43.7 Å². The zero-order chi connectivity index (χ0) is 18.4. The number of benzene rings is 2. The van der Waals surface area contributed by atoms with Gasteiger partial charge >= 0.3 is 0 Å². The predicted octanol–water partition coefficient (Wildman–Crippen LogP) is 5.86. The summed E-state index contributed by atoms with van der Waals surface area (Å²) in [7, 11) is 0. The van der Waals surface area contributed by atoms with Crippen molar-refractivity contribution in [1.82, 2.24) is 4.98 Å². The van der Waals surface area contributed by atoms with E-state index in [9.17, 15) is 0 Å². The molecule has 0 fully saturated rings. The van der Waals surface area contributed by atoms with Crippen molar-refractivity contribution in [1.29, 1.82) is 0 Å². The molecule has 1 N–H and O–H groups in total. The molecular weight excluding hydrogens is 408 g/mol. The quantitative estimate of drug-likeness (QED) is 0.378. The molecule has 0 bridgehead atoms. The summed E-state index contributed by atoms with van der Waals surface area (Å²) in [6.07, 6.45) is 1.81. The third-order valence-corrected chi connectivity index (χ3v) is 5.32. The molecule has 6 heteroatoms. The van der Waals surface area contributed by atoms with Crippen LogP contribution in [0.25, 0.3) is 11.3 Å². The second-order valence-electron chi connectivity index (χ2n) is 5.68. The Kier molecular flexibility index (Phi) is 6.41. The Bertz CT molecular complexity index is 852.